The Labute approximate surface area is 116 Å². The highest BCUT2D eigenvalue weighted by atomic mass is 35.5. The Balaban J connectivity index is 2.21. The molecule has 1 aromatic rings. The van der Waals surface area contributed by atoms with Gasteiger partial charge in [0.2, 0.25) is 0 Å². The van der Waals surface area contributed by atoms with E-state index in [1.807, 2.05) is 0 Å². The van der Waals surface area contributed by atoms with Crippen LogP contribution in [0.5, 0.6) is 0 Å². The third kappa shape index (κ3) is 2.72. The molecular formula is C13H15ClN2O3. The summed E-state index contributed by atoms with van der Waals surface area (Å²) in [6.07, 6.45) is 0. The Bertz CT molecular complexity index is 520. The van der Waals surface area contributed by atoms with Gasteiger partial charge in [0.25, 0.3) is 11.8 Å². The molecule has 1 aromatic carbocycles. The van der Waals surface area contributed by atoms with Crippen molar-refractivity contribution in [1.29, 1.82) is 0 Å². The third-order valence-corrected chi connectivity index (χ3v) is 3.52. The van der Waals surface area contributed by atoms with E-state index in [2.05, 4.69) is 0 Å². The molecule has 5 nitrogen and oxygen atoms in total. The quantitative estimate of drug-likeness (QED) is 0.881. The smallest absolute Gasteiger partial charge is 0.255 e. The topological polar surface area (TPSA) is 72.6 Å². The molecule has 1 heterocycles. The molecule has 1 fully saturated rings. The molecule has 0 aliphatic carbocycles. The van der Waals surface area contributed by atoms with E-state index in [0.717, 1.165) is 0 Å². The summed E-state index contributed by atoms with van der Waals surface area (Å²) in [6, 6.07) is 6.81. The molecule has 102 valence electrons. The van der Waals surface area contributed by atoms with Crippen molar-refractivity contribution < 1.29 is 14.3 Å². The predicted octanol–water partition coefficient (Wildman–Crippen LogP) is 1.06. The molecule has 19 heavy (non-hydrogen) atoms. The van der Waals surface area contributed by atoms with Crippen molar-refractivity contribution in [2.75, 3.05) is 19.7 Å². The molecule has 0 unspecified atom stereocenters. The third-order valence-electron chi connectivity index (χ3n) is 3.19. The summed E-state index contributed by atoms with van der Waals surface area (Å²) in [5, 5.41) is 0.389. The van der Waals surface area contributed by atoms with E-state index in [9.17, 15) is 9.59 Å². The first-order valence-corrected chi connectivity index (χ1v) is 6.29. The first-order valence-electron chi connectivity index (χ1n) is 5.92. The Kier molecular flexibility index (Phi) is 3.78. The summed E-state index contributed by atoms with van der Waals surface area (Å²) < 4.78 is 5.37. The van der Waals surface area contributed by atoms with Gasteiger partial charge in [0.15, 0.2) is 5.60 Å². The number of nitrogens with zero attached hydrogens (tertiary/aromatic N) is 1. The second-order valence-corrected chi connectivity index (χ2v) is 5.06. The van der Waals surface area contributed by atoms with Crippen LogP contribution in [0.2, 0.25) is 5.02 Å². The summed E-state index contributed by atoms with van der Waals surface area (Å²) in [5.74, 6) is -0.800. The fourth-order valence-electron chi connectivity index (χ4n) is 2.00. The summed E-state index contributed by atoms with van der Waals surface area (Å²) in [7, 11) is 0. The minimum Gasteiger partial charge on any atom is -0.367 e. The lowest BCUT2D eigenvalue weighted by atomic mass is 10.0. The predicted molar refractivity (Wildman–Crippen MR) is 70.9 cm³/mol. The second kappa shape index (κ2) is 5.19. The Morgan fingerprint density at radius 1 is 1.42 bits per heavy atom. The molecular weight excluding hydrogens is 268 g/mol. The van der Waals surface area contributed by atoms with Gasteiger partial charge in [-0.2, -0.15) is 0 Å². The normalized spacial score (nSPS) is 23.2. The van der Waals surface area contributed by atoms with E-state index in [1.54, 1.807) is 31.2 Å². The van der Waals surface area contributed by atoms with Crippen molar-refractivity contribution in [3.05, 3.63) is 34.9 Å². The van der Waals surface area contributed by atoms with Gasteiger partial charge in [-0.3, -0.25) is 9.59 Å². The van der Waals surface area contributed by atoms with Crippen LogP contribution in [0.4, 0.5) is 0 Å². The lowest BCUT2D eigenvalue weighted by Crippen LogP contribution is -2.58. The zero-order valence-electron chi connectivity index (χ0n) is 10.6. The molecule has 2 N–H and O–H groups in total. The fourth-order valence-corrected chi connectivity index (χ4v) is 2.21. The summed E-state index contributed by atoms with van der Waals surface area (Å²) in [5.41, 5.74) is 4.58. The van der Waals surface area contributed by atoms with Crippen LogP contribution in [0.25, 0.3) is 0 Å². The highest BCUT2D eigenvalue weighted by molar-refractivity contribution is 6.33. The molecule has 2 rings (SSSR count). The van der Waals surface area contributed by atoms with Crippen molar-refractivity contribution in [2.45, 2.75) is 12.5 Å². The van der Waals surface area contributed by atoms with E-state index in [1.165, 1.54) is 4.90 Å². The van der Waals surface area contributed by atoms with Crippen LogP contribution >= 0.6 is 11.6 Å². The van der Waals surface area contributed by atoms with Crippen LogP contribution in [0, 0.1) is 0 Å². The maximum absolute atomic E-state index is 12.4. The van der Waals surface area contributed by atoms with Crippen molar-refractivity contribution in [1.82, 2.24) is 4.90 Å². The minimum atomic E-state index is -1.14. The van der Waals surface area contributed by atoms with Gasteiger partial charge in [-0.05, 0) is 19.1 Å². The second-order valence-electron chi connectivity index (χ2n) is 4.65. The van der Waals surface area contributed by atoms with E-state index in [-0.39, 0.29) is 19.1 Å². The van der Waals surface area contributed by atoms with Crippen LogP contribution in [0.1, 0.15) is 17.3 Å². The van der Waals surface area contributed by atoms with E-state index in [4.69, 9.17) is 22.1 Å². The van der Waals surface area contributed by atoms with Gasteiger partial charge < -0.3 is 15.4 Å². The molecule has 0 radical (unpaired) electrons. The zero-order chi connectivity index (χ0) is 14.0. The Morgan fingerprint density at radius 2 is 2.11 bits per heavy atom. The maximum atomic E-state index is 12.4. The first-order chi connectivity index (χ1) is 8.94. The molecule has 0 bridgehead atoms. The largest absolute Gasteiger partial charge is 0.367 e. The van der Waals surface area contributed by atoms with Crippen molar-refractivity contribution in [3.8, 4) is 0 Å². The van der Waals surface area contributed by atoms with Crippen molar-refractivity contribution >= 4 is 23.4 Å². The van der Waals surface area contributed by atoms with Gasteiger partial charge in [-0.25, -0.2) is 0 Å². The fraction of sp³-hybridized carbons (Fsp3) is 0.385. The molecule has 1 aliphatic rings. The minimum absolute atomic E-state index is 0.131. The number of hydrogen-bond acceptors (Lipinski definition) is 3. The maximum Gasteiger partial charge on any atom is 0.255 e. The van der Waals surface area contributed by atoms with Gasteiger partial charge in [0.1, 0.15) is 0 Å². The Hall–Kier alpha value is -1.59. The summed E-state index contributed by atoms with van der Waals surface area (Å²) in [4.78, 5) is 25.3. The standard InChI is InChI=1S/C13H15ClN2O3/c1-13(12(15)18)8-16(6-7-19-13)11(17)9-4-2-3-5-10(9)14/h2-5H,6-8H2,1H3,(H2,15,18)/t13-/m0/s1. The lowest BCUT2D eigenvalue weighted by molar-refractivity contribution is -0.150. The number of ether oxygens (including phenoxy) is 1. The Morgan fingerprint density at radius 3 is 2.74 bits per heavy atom. The van der Waals surface area contributed by atoms with Gasteiger partial charge >= 0.3 is 0 Å². The number of rotatable bonds is 2. The summed E-state index contributed by atoms with van der Waals surface area (Å²) in [6.45, 7) is 2.40. The number of carbonyl (C=O) groups is 2. The number of hydrogen-bond donors (Lipinski definition) is 1. The van der Waals surface area contributed by atoms with Gasteiger partial charge in [-0.1, -0.05) is 23.7 Å². The molecule has 1 aliphatic heterocycles. The highest BCUT2D eigenvalue weighted by Gasteiger charge is 2.39. The average molecular weight is 283 g/mol. The summed E-state index contributed by atoms with van der Waals surface area (Å²) >= 11 is 6.00. The molecule has 0 saturated carbocycles. The number of carbonyl (C=O) groups excluding carboxylic acids is 2. The monoisotopic (exact) mass is 282 g/mol. The van der Waals surface area contributed by atoms with Crippen LogP contribution in [0.15, 0.2) is 24.3 Å². The molecule has 1 atom stereocenters. The zero-order valence-corrected chi connectivity index (χ0v) is 11.3. The number of nitrogens with two attached hydrogens (primary N) is 1. The van der Waals surface area contributed by atoms with Crippen LogP contribution in [-0.2, 0) is 9.53 Å². The lowest BCUT2D eigenvalue weighted by Gasteiger charge is -2.38. The van der Waals surface area contributed by atoms with Crippen LogP contribution in [0.3, 0.4) is 0 Å². The number of morpholine rings is 1. The van der Waals surface area contributed by atoms with E-state index < -0.39 is 11.5 Å². The molecule has 0 aromatic heterocycles. The van der Waals surface area contributed by atoms with E-state index in [0.29, 0.717) is 17.1 Å². The van der Waals surface area contributed by atoms with Crippen LogP contribution < -0.4 is 5.73 Å². The average Bonchev–Trinajstić information content (AvgIpc) is 2.38. The number of primary amides is 1. The molecule has 2 amide bonds. The number of amides is 2. The molecule has 0 spiro atoms. The number of halogens is 1. The van der Waals surface area contributed by atoms with Crippen molar-refractivity contribution in [2.24, 2.45) is 5.73 Å². The SMILES string of the molecule is C[C@@]1(C(N)=O)CN(C(=O)c2ccccc2Cl)CCO1. The van der Waals surface area contributed by atoms with Gasteiger partial charge in [0.05, 0.1) is 23.7 Å². The van der Waals surface area contributed by atoms with Crippen LogP contribution in [-0.4, -0.2) is 42.0 Å². The number of benzene rings is 1. The first kappa shape index (κ1) is 13.8. The van der Waals surface area contributed by atoms with E-state index >= 15 is 0 Å². The van der Waals surface area contributed by atoms with Crippen molar-refractivity contribution in [3.63, 3.8) is 0 Å². The molecule has 1 saturated heterocycles. The molecule has 6 heteroatoms. The van der Waals surface area contributed by atoms with Gasteiger partial charge in [-0.15, -0.1) is 0 Å². The highest BCUT2D eigenvalue weighted by Crippen LogP contribution is 2.22. The van der Waals surface area contributed by atoms with Gasteiger partial charge in [0, 0.05) is 6.54 Å².